The second-order valence-corrected chi connectivity index (χ2v) is 8.95. The van der Waals surface area contributed by atoms with Gasteiger partial charge in [-0.3, -0.25) is 0 Å². The van der Waals surface area contributed by atoms with Crippen molar-refractivity contribution in [1.82, 2.24) is 0 Å². The highest BCUT2D eigenvalue weighted by Gasteiger charge is 2.64. The third-order valence-corrected chi connectivity index (χ3v) is 6.32. The van der Waals surface area contributed by atoms with Crippen molar-refractivity contribution in [2.24, 2.45) is 0 Å². The molecule has 0 aliphatic heterocycles. The SMILES string of the molecule is CCC(CCCCCCCCCOC(=O)c1ccccc1)OC(=O)[C@](OC)(c1ccccc1)C(F)(F)F. The minimum absolute atomic E-state index is 0.306. The van der Waals surface area contributed by atoms with Gasteiger partial charge in [0.1, 0.15) is 6.10 Å². The molecule has 0 saturated carbocycles. The number of carbonyl (C=O) groups excluding carboxylic acids is 2. The molecule has 8 heteroatoms. The van der Waals surface area contributed by atoms with E-state index in [1.54, 1.807) is 37.3 Å². The molecule has 2 rings (SSSR count). The Kier molecular flexibility index (Phi) is 12.6. The van der Waals surface area contributed by atoms with E-state index in [1.807, 2.05) is 6.07 Å². The fourth-order valence-electron chi connectivity index (χ4n) is 4.15. The van der Waals surface area contributed by atoms with Gasteiger partial charge in [-0.1, -0.05) is 87.6 Å². The highest BCUT2D eigenvalue weighted by molar-refractivity contribution is 5.89. The van der Waals surface area contributed by atoms with E-state index in [9.17, 15) is 22.8 Å². The molecule has 0 heterocycles. The Morgan fingerprint density at radius 1 is 0.811 bits per heavy atom. The van der Waals surface area contributed by atoms with E-state index < -0.39 is 23.9 Å². The summed E-state index contributed by atoms with van der Waals surface area (Å²) in [4.78, 5) is 24.7. The number of benzene rings is 2. The van der Waals surface area contributed by atoms with E-state index >= 15 is 0 Å². The predicted octanol–water partition coefficient (Wildman–Crippen LogP) is 7.39. The number of ether oxygens (including phenoxy) is 3. The number of esters is 2. The summed E-state index contributed by atoms with van der Waals surface area (Å²) in [6.07, 6.45) is 1.70. The molecule has 204 valence electrons. The Hall–Kier alpha value is -2.87. The number of unbranched alkanes of at least 4 members (excludes halogenated alkanes) is 6. The quantitative estimate of drug-likeness (QED) is 0.170. The molecule has 0 bridgehead atoms. The molecule has 2 aromatic carbocycles. The predicted molar refractivity (Wildman–Crippen MR) is 135 cm³/mol. The first-order valence-electron chi connectivity index (χ1n) is 12.9. The fourth-order valence-corrected chi connectivity index (χ4v) is 4.15. The van der Waals surface area contributed by atoms with Crippen molar-refractivity contribution >= 4 is 11.9 Å². The van der Waals surface area contributed by atoms with Gasteiger partial charge in [-0.25, -0.2) is 9.59 Å². The highest BCUT2D eigenvalue weighted by Crippen LogP contribution is 2.43. The van der Waals surface area contributed by atoms with Gasteiger partial charge in [0.05, 0.1) is 12.2 Å². The lowest BCUT2D eigenvalue weighted by molar-refractivity contribution is -0.278. The number of hydrogen-bond acceptors (Lipinski definition) is 5. The van der Waals surface area contributed by atoms with Crippen LogP contribution >= 0.6 is 0 Å². The number of carbonyl (C=O) groups is 2. The van der Waals surface area contributed by atoms with Gasteiger partial charge in [0.25, 0.3) is 5.60 Å². The van der Waals surface area contributed by atoms with Crippen LogP contribution in [0.3, 0.4) is 0 Å². The zero-order valence-electron chi connectivity index (χ0n) is 21.6. The second kappa shape index (κ2) is 15.4. The van der Waals surface area contributed by atoms with Crippen molar-refractivity contribution in [2.45, 2.75) is 82.6 Å². The van der Waals surface area contributed by atoms with E-state index in [0.717, 1.165) is 52.1 Å². The van der Waals surface area contributed by atoms with Crippen molar-refractivity contribution in [3.05, 3.63) is 71.8 Å². The summed E-state index contributed by atoms with van der Waals surface area (Å²) in [6, 6.07) is 15.7. The topological polar surface area (TPSA) is 61.8 Å². The van der Waals surface area contributed by atoms with Crippen molar-refractivity contribution in [2.75, 3.05) is 13.7 Å². The Balaban J connectivity index is 1.67. The molecule has 2 atom stereocenters. The van der Waals surface area contributed by atoms with Gasteiger partial charge in [0.2, 0.25) is 0 Å². The first-order valence-corrected chi connectivity index (χ1v) is 12.9. The maximum absolute atomic E-state index is 14.0. The van der Waals surface area contributed by atoms with E-state index in [2.05, 4.69) is 0 Å². The Labute approximate surface area is 217 Å². The van der Waals surface area contributed by atoms with Crippen molar-refractivity contribution in [1.29, 1.82) is 0 Å². The molecule has 1 unspecified atom stereocenters. The number of hydrogen-bond donors (Lipinski definition) is 0. The summed E-state index contributed by atoms with van der Waals surface area (Å²) in [6.45, 7) is 2.17. The molecule has 0 amide bonds. The normalized spacial score (nSPS) is 14.0. The summed E-state index contributed by atoms with van der Waals surface area (Å²) in [5, 5.41) is 0. The summed E-state index contributed by atoms with van der Waals surface area (Å²) in [5.41, 5.74) is -2.92. The molecule has 0 radical (unpaired) electrons. The molecule has 37 heavy (non-hydrogen) atoms. The largest absolute Gasteiger partial charge is 0.462 e. The minimum atomic E-state index is -4.97. The lowest BCUT2D eigenvalue weighted by Crippen LogP contribution is -2.52. The molecule has 0 saturated heterocycles. The van der Waals surface area contributed by atoms with Gasteiger partial charge in [0, 0.05) is 12.7 Å². The lowest BCUT2D eigenvalue weighted by Gasteiger charge is -2.33. The zero-order chi connectivity index (χ0) is 27.2. The molecular formula is C29H37F3O5. The zero-order valence-corrected chi connectivity index (χ0v) is 21.6. The molecule has 0 aliphatic rings. The first kappa shape index (κ1) is 30.4. The van der Waals surface area contributed by atoms with E-state index in [-0.39, 0.29) is 11.5 Å². The van der Waals surface area contributed by atoms with E-state index in [0.29, 0.717) is 25.0 Å². The van der Waals surface area contributed by atoms with E-state index in [4.69, 9.17) is 14.2 Å². The van der Waals surface area contributed by atoms with Gasteiger partial charge in [-0.2, -0.15) is 13.2 Å². The number of halogens is 3. The van der Waals surface area contributed by atoms with Crippen LogP contribution in [0.5, 0.6) is 0 Å². The van der Waals surface area contributed by atoms with Crippen LogP contribution < -0.4 is 0 Å². The van der Waals surface area contributed by atoms with Crippen LogP contribution in [0.4, 0.5) is 13.2 Å². The molecule has 0 aliphatic carbocycles. The van der Waals surface area contributed by atoms with Crippen LogP contribution in [-0.2, 0) is 24.6 Å². The Morgan fingerprint density at radius 2 is 1.35 bits per heavy atom. The third-order valence-electron chi connectivity index (χ3n) is 6.32. The monoisotopic (exact) mass is 522 g/mol. The first-order chi connectivity index (χ1) is 17.8. The number of alkyl halides is 3. The maximum Gasteiger partial charge on any atom is 0.432 e. The number of rotatable bonds is 16. The fraction of sp³-hybridized carbons (Fsp3) is 0.517. The van der Waals surface area contributed by atoms with Gasteiger partial charge < -0.3 is 14.2 Å². The van der Waals surface area contributed by atoms with Gasteiger partial charge in [-0.05, 0) is 37.8 Å². The Bertz CT molecular complexity index is 934. The smallest absolute Gasteiger partial charge is 0.432 e. The summed E-state index contributed by atoms with van der Waals surface area (Å²) >= 11 is 0. The highest BCUT2D eigenvalue weighted by atomic mass is 19.4. The average Bonchev–Trinajstić information content (AvgIpc) is 2.89. The van der Waals surface area contributed by atoms with Crippen molar-refractivity contribution in [3.63, 3.8) is 0 Å². The van der Waals surface area contributed by atoms with Crippen LogP contribution in [0.1, 0.15) is 80.6 Å². The van der Waals surface area contributed by atoms with Gasteiger partial charge in [-0.15, -0.1) is 0 Å². The van der Waals surface area contributed by atoms with Crippen LogP contribution in [0.25, 0.3) is 0 Å². The molecular weight excluding hydrogens is 485 g/mol. The average molecular weight is 523 g/mol. The molecule has 0 aromatic heterocycles. The van der Waals surface area contributed by atoms with Crippen LogP contribution in [-0.4, -0.2) is 37.9 Å². The summed E-state index contributed by atoms with van der Waals surface area (Å²) in [7, 11) is 0.871. The third kappa shape index (κ3) is 8.88. The second-order valence-electron chi connectivity index (χ2n) is 8.95. The van der Waals surface area contributed by atoms with Gasteiger partial charge in [0.15, 0.2) is 0 Å². The van der Waals surface area contributed by atoms with Crippen LogP contribution in [0.2, 0.25) is 0 Å². The van der Waals surface area contributed by atoms with E-state index in [1.165, 1.54) is 24.3 Å². The molecule has 0 spiro atoms. The molecule has 5 nitrogen and oxygen atoms in total. The lowest BCUT2D eigenvalue weighted by atomic mass is 9.92. The summed E-state index contributed by atoms with van der Waals surface area (Å²) < 4.78 is 57.5. The maximum atomic E-state index is 14.0. The minimum Gasteiger partial charge on any atom is -0.462 e. The van der Waals surface area contributed by atoms with Gasteiger partial charge >= 0.3 is 18.1 Å². The van der Waals surface area contributed by atoms with Crippen LogP contribution in [0, 0.1) is 0 Å². The standard InChI is InChI=1S/C29H37F3O5/c1-3-25(37-27(34)28(35-2,29(30,31)32)24-19-13-10-14-20-24)21-15-7-5-4-6-8-16-22-36-26(33)23-17-11-9-12-18-23/h9-14,17-20,25H,3-8,15-16,21-22H2,1-2H3/t25?,28-/m1/s1. The Morgan fingerprint density at radius 3 is 1.89 bits per heavy atom. The number of methoxy groups -OCH3 is 1. The molecule has 0 N–H and O–H groups in total. The molecule has 2 aromatic rings. The van der Waals surface area contributed by atoms with Crippen LogP contribution in [0.15, 0.2) is 60.7 Å². The van der Waals surface area contributed by atoms with Crippen molar-refractivity contribution in [3.8, 4) is 0 Å². The van der Waals surface area contributed by atoms with Crippen molar-refractivity contribution < 1.29 is 37.0 Å². The summed E-state index contributed by atoms with van der Waals surface area (Å²) in [5.74, 6) is -1.75. The molecule has 0 fully saturated rings.